The van der Waals surface area contributed by atoms with Crippen molar-refractivity contribution in [2.75, 3.05) is 20.3 Å². The fourth-order valence-electron chi connectivity index (χ4n) is 0.657. The van der Waals surface area contributed by atoms with Crippen LogP contribution < -0.4 is 5.32 Å². The van der Waals surface area contributed by atoms with Gasteiger partial charge in [0.25, 0.3) is 0 Å². The van der Waals surface area contributed by atoms with E-state index < -0.39 is 6.10 Å². The zero-order valence-corrected chi connectivity index (χ0v) is 7.21. The first-order chi connectivity index (χ1) is 5.20. The van der Waals surface area contributed by atoms with E-state index in [4.69, 9.17) is 4.74 Å². The molecule has 66 valence electrons. The summed E-state index contributed by atoms with van der Waals surface area (Å²) in [5.74, 6) is 0. The first-order valence-corrected chi connectivity index (χ1v) is 3.73. The molecule has 3 nitrogen and oxygen atoms in total. The summed E-state index contributed by atoms with van der Waals surface area (Å²) in [6, 6.07) is 0.238. The highest BCUT2D eigenvalue weighted by atomic mass is 16.5. The topological polar surface area (TPSA) is 41.5 Å². The first kappa shape index (κ1) is 10.6. The Morgan fingerprint density at radius 2 is 2.36 bits per heavy atom. The third-order valence-electron chi connectivity index (χ3n) is 1.39. The highest BCUT2D eigenvalue weighted by Gasteiger charge is 2.03. The van der Waals surface area contributed by atoms with Crippen molar-refractivity contribution in [2.24, 2.45) is 0 Å². The molecule has 0 heterocycles. The Morgan fingerprint density at radius 1 is 1.73 bits per heavy atom. The number of ether oxygens (including phenoxy) is 1. The lowest BCUT2D eigenvalue weighted by atomic mass is 10.3. The molecule has 0 aromatic rings. The molecule has 2 atom stereocenters. The summed E-state index contributed by atoms with van der Waals surface area (Å²) in [5.41, 5.74) is 0. The van der Waals surface area contributed by atoms with Crippen molar-refractivity contribution >= 4 is 0 Å². The number of aliphatic hydroxyl groups is 1. The van der Waals surface area contributed by atoms with Gasteiger partial charge in [-0.15, -0.1) is 6.58 Å². The molecule has 0 bridgehead atoms. The molecular formula is C8H17NO2. The van der Waals surface area contributed by atoms with Gasteiger partial charge >= 0.3 is 0 Å². The van der Waals surface area contributed by atoms with Crippen molar-refractivity contribution in [3.8, 4) is 0 Å². The maximum absolute atomic E-state index is 9.17. The summed E-state index contributed by atoms with van der Waals surface area (Å²) in [4.78, 5) is 0. The van der Waals surface area contributed by atoms with E-state index in [-0.39, 0.29) is 6.04 Å². The average Bonchev–Trinajstić information content (AvgIpc) is 2.01. The van der Waals surface area contributed by atoms with Crippen LogP contribution in [0.25, 0.3) is 0 Å². The summed E-state index contributed by atoms with van der Waals surface area (Å²) in [5, 5.41) is 12.2. The van der Waals surface area contributed by atoms with Crippen LogP contribution >= 0.6 is 0 Å². The largest absolute Gasteiger partial charge is 0.389 e. The second-order valence-corrected chi connectivity index (χ2v) is 2.54. The van der Waals surface area contributed by atoms with Crippen molar-refractivity contribution in [3.05, 3.63) is 12.7 Å². The molecule has 0 aliphatic rings. The summed E-state index contributed by atoms with van der Waals surface area (Å²) < 4.78 is 4.75. The molecule has 2 unspecified atom stereocenters. The van der Waals surface area contributed by atoms with Crippen molar-refractivity contribution in [1.29, 1.82) is 0 Å². The molecule has 0 rings (SSSR count). The van der Waals surface area contributed by atoms with Crippen LogP contribution in [0.2, 0.25) is 0 Å². The molecule has 0 saturated carbocycles. The quantitative estimate of drug-likeness (QED) is 0.542. The highest BCUT2D eigenvalue weighted by Crippen LogP contribution is 1.85. The Labute approximate surface area is 68.1 Å². The molecular weight excluding hydrogens is 142 g/mol. The van der Waals surface area contributed by atoms with Crippen LogP contribution in [0.3, 0.4) is 0 Å². The normalized spacial score (nSPS) is 15.9. The van der Waals surface area contributed by atoms with Crippen molar-refractivity contribution in [2.45, 2.75) is 19.1 Å². The Kier molecular flexibility index (Phi) is 6.12. The average molecular weight is 159 g/mol. The Balaban J connectivity index is 3.29. The zero-order valence-electron chi connectivity index (χ0n) is 7.21. The number of nitrogens with one attached hydrogen (secondary N) is 1. The van der Waals surface area contributed by atoms with Gasteiger partial charge in [0, 0.05) is 19.7 Å². The van der Waals surface area contributed by atoms with E-state index in [9.17, 15) is 5.11 Å². The monoisotopic (exact) mass is 159 g/mol. The van der Waals surface area contributed by atoms with Crippen LogP contribution in [0.15, 0.2) is 12.7 Å². The number of hydrogen-bond donors (Lipinski definition) is 2. The Morgan fingerprint density at radius 3 is 2.82 bits per heavy atom. The summed E-state index contributed by atoms with van der Waals surface area (Å²) >= 11 is 0. The molecule has 0 fully saturated rings. The molecule has 0 aromatic heterocycles. The molecule has 11 heavy (non-hydrogen) atoms. The maximum Gasteiger partial charge on any atom is 0.0897 e. The second-order valence-electron chi connectivity index (χ2n) is 2.54. The maximum atomic E-state index is 9.17. The minimum atomic E-state index is -0.428. The van der Waals surface area contributed by atoms with Gasteiger partial charge in [-0.25, -0.2) is 0 Å². The van der Waals surface area contributed by atoms with Crippen molar-refractivity contribution < 1.29 is 9.84 Å². The molecule has 0 aliphatic heterocycles. The minimum absolute atomic E-state index is 0.238. The van der Waals surface area contributed by atoms with Crippen molar-refractivity contribution in [1.82, 2.24) is 5.32 Å². The van der Waals surface area contributed by atoms with E-state index in [1.54, 1.807) is 13.2 Å². The minimum Gasteiger partial charge on any atom is -0.389 e. The van der Waals surface area contributed by atoms with Crippen LogP contribution in [0, 0.1) is 0 Å². The van der Waals surface area contributed by atoms with E-state index in [1.807, 2.05) is 6.92 Å². The Hall–Kier alpha value is -0.380. The van der Waals surface area contributed by atoms with Crippen LogP contribution in [0.1, 0.15) is 6.92 Å². The van der Waals surface area contributed by atoms with Gasteiger partial charge in [-0.3, -0.25) is 0 Å². The molecule has 0 spiro atoms. The third-order valence-corrected chi connectivity index (χ3v) is 1.39. The lowest BCUT2D eigenvalue weighted by molar-refractivity contribution is 0.0639. The number of methoxy groups -OCH3 is 1. The predicted molar refractivity (Wildman–Crippen MR) is 45.5 cm³/mol. The summed E-state index contributed by atoms with van der Waals surface area (Å²) in [6.07, 6.45) is 1.36. The lowest BCUT2D eigenvalue weighted by Gasteiger charge is -2.13. The smallest absolute Gasteiger partial charge is 0.0897 e. The fourth-order valence-corrected chi connectivity index (χ4v) is 0.657. The van der Waals surface area contributed by atoms with Gasteiger partial charge in [0.05, 0.1) is 12.7 Å². The molecule has 0 amide bonds. The van der Waals surface area contributed by atoms with Gasteiger partial charge in [0.1, 0.15) is 0 Å². The Bertz CT molecular complexity index is 106. The molecule has 0 aromatic carbocycles. The molecule has 3 heteroatoms. The van der Waals surface area contributed by atoms with Gasteiger partial charge in [-0.2, -0.15) is 0 Å². The van der Waals surface area contributed by atoms with Crippen molar-refractivity contribution in [3.63, 3.8) is 0 Å². The number of rotatable bonds is 6. The van der Waals surface area contributed by atoms with Gasteiger partial charge in [-0.1, -0.05) is 6.08 Å². The van der Waals surface area contributed by atoms with Crippen LogP contribution in [-0.2, 0) is 4.74 Å². The highest BCUT2D eigenvalue weighted by molar-refractivity contribution is 4.81. The molecule has 0 saturated heterocycles. The van der Waals surface area contributed by atoms with E-state index in [0.29, 0.717) is 13.2 Å². The second kappa shape index (κ2) is 6.34. The lowest BCUT2D eigenvalue weighted by Crippen LogP contribution is -2.34. The number of hydrogen-bond acceptors (Lipinski definition) is 3. The standard InChI is InChI=1S/C8H17NO2/c1-4-7(2)9-5-8(10)6-11-3/h4,7-10H,1,5-6H2,2-3H3. The summed E-state index contributed by atoms with van der Waals surface area (Å²) in [6.45, 7) is 6.50. The van der Waals surface area contributed by atoms with E-state index in [0.717, 1.165) is 0 Å². The third kappa shape index (κ3) is 6.04. The zero-order chi connectivity index (χ0) is 8.69. The van der Waals surface area contributed by atoms with Crippen LogP contribution in [0.5, 0.6) is 0 Å². The molecule has 0 radical (unpaired) electrons. The SMILES string of the molecule is C=CC(C)NCC(O)COC. The molecule has 2 N–H and O–H groups in total. The summed E-state index contributed by atoms with van der Waals surface area (Å²) in [7, 11) is 1.57. The van der Waals surface area contributed by atoms with Gasteiger partial charge in [-0.05, 0) is 6.92 Å². The van der Waals surface area contributed by atoms with Gasteiger partial charge < -0.3 is 15.2 Å². The van der Waals surface area contributed by atoms with Crippen LogP contribution in [0.4, 0.5) is 0 Å². The molecule has 0 aliphatic carbocycles. The fraction of sp³-hybridized carbons (Fsp3) is 0.750. The van der Waals surface area contributed by atoms with E-state index >= 15 is 0 Å². The predicted octanol–water partition coefficient (Wildman–Crippen LogP) is 0.158. The van der Waals surface area contributed by atoms with Gasteiger partial charge in [0.15, 0.2) is 0 Å². The van der Waals surface area contributed by atoms with E-state index in [2.05, 4.69) is 11.9 Å². The first-order valence-electron chi connectivity index (χ1n) is 3.73. The van der Waals surface area contributed by atoms with Gasteiger partial charge in [0.2, 0.25) is 0 Å². The van der Waals surface area contributed by atoms with E-state index in [1.165, 1.54) is 0 Å². The van der Waals surface area contributed by atoms with Crippen LogP contribution in [-0.4, -0.2) is 37.5 Å². The number of aliphatic hydroxyl groups excluding tert-OH is 1.